The van der Waals surface area contributed by atoms with Crippen LogP contribution in [0.5, 0.6) is 0 Å². The molecular formula is C16H14Cl3N2O4S-. The van der Waals surface area contributed by atoms with Crippen molar-refractivity contribution in [3.63, 3.8) is 0 Å². The first-order chi connectivity index (χ1) is 12.3. The van der Waals surface area contributed by atoms with Crippen LogP contribution in [0.4, 0.5) is 0 Å². The van der Waals surface area contributed by atoms with Gasteiger partial charge in [0.1, 0.15) is 0 Å². The molecule has 0 spiro atoms. The number of benzene rings is 2. The number of hydrogen-bond donors (Lipinski definition) is 1. The van der Waals surface area contributed by atoms with Gasteiger partial charge in [0.05, 0.1) is 4.90 Å². The molecule has 2 aromatic carbocycles. The van der Waals surface area contributed by atoms with E-state index >= 15 is 0 Å². The molecule has 26 heavy (non-hydrogen) atoms. The smallest absolute Gasteiger partial charge is 0.243 e. The van der Waals surface area contributed by atoms with E-state index in [4.69, 9.17) is 34.8 Å². The molecule has 140 valence electrons. The van der Waals surface area contributed by atoms with Gasteiger partial charge in [0, 0.05) is 40.1 Å². The summed E-state index contributed by atoms with van der Waals surface area (Å²) in [5.74, 6) is -0.827. The number of hydroxylamine groups is 1. The first-order valence-corrected chi connectivity index (χ1v) is 9.92. The average Bonchev–Trinajstić information content (AvgIpc) is 2.60. The summed E-state index contributed by atoms with van der Waals surface area (Å²) >= 11 is 18.1. The van der Waals surface area contributed by atoms with Crippen molar-refractivity contribution in [3.05, 3.63) is 68.3 Å². The third-order valence-electron chi connectivity index (χ3n) is 3.55. The Hall–Kier alpha value is -1.35. The minimum Gasteiger partial charge on any atom is -0.759 e. The van der Waals surface area contributed by atoms with Gasteiger partial charge in [-0.2, -0.15) is 4.31 Å². The van der Waals surface area contributed by atoms with E-state index in [1.807, 2.05) is 0 Å². The molecule has 0 fully saturated rings. The lowest BCUT2D eigenvalue weighted by Crippen LogP contribution is -2.34. The van der Waals surface area contributed by atoms with Crippen molar-refractivity contribution in [1.82, 2.24) is 9.79 Å². The molecule has 1 amide bonds. The second-order valence-electron chi connectivity index (χ2n) is 5.27. The first-order valence-electron chi connectivity index (χ1n) is 7.35. The van der Waals surface area contributed by atoms with E-state index in [-0.39, 0.29) is 24.4 Å². The van der Waals surface area contributed by atoms with E-state index in [1.165, 1.54) is 29.7 Å². The van der Waals surface area contributed by atoms with Gasteiger partial charge in [0.25, 0.3) is 0 Å². The predicted octanol–water partition coefficient (Wildman–Crippen LogP) is 3.84. The van der Waals surface area contributed by atoms with Crippen LogP contribution in [0.3, 0.4) is 0 Å². The van der Waals surface area contributed by atoms with E-state index < -0.39 is 15.9 Å². The van der Waals surface area contributed by atoms with E-state index in [9.17, 15) is 18.4 Å². The van der Waals surface area contributed by atoms with Gasteiger partial charge in [0.15, 0.2) is 0 Å². The van der Waals surface area contributed by atoms with Gasteiger partial charge in [-0.05, 0) is 36.4 Å². The molecule has 0 atom stereocenters. The molecule has 0 saturated carbocycles. The topological polar surface area (TPSA) is 89.5 Å². The highest BCUT2D eigenvalue weighted by Gasteiger charge is 2.26. The highest BCUT2D eigenvalue weighted by Crippen LogP contribution is 2.28. The Bertz CT molecular complexity index is 869. The second-order valence-corrected chi connectivity index (χ2v) is 8.46. The molecule has 2 aromatic rings. The van der Waals surface area contributed by atoms with Crippen LogP contribution in [-0.2, 0) is 21.4 Å². The Morgan fingerprint density at radius 2 is 1.62 bits per heavy atom. The molecule has 0 aromatic heterocycles. The van der Waals surface area contributed by atoms with Crippen molar-refractivity contribution in [1.29, 1.82) is 0 Å². The Morgan fingerprint density at radius 1 is 1.04 bits per heavy atom. The fourth-order valence-corrected chi connectivity index (χ4v) is 4.23. The van der Waals surface area contributed by atoms with Crippen LogP contribution >= 0.6 is 34.8 Å². The Morgan fingerprint density at radius 3 is 2.15 bits per heavy atom. The molecule has 0 bridgehead atoms. The molecule has 0 saturated heterocycles. The Labute approximate surface area is 166 Å². The zero-order valence-corrected chi connectivity index (χ0v) is 16.4. The summed E-state index contributed by atoms with van der Waals surface area (Å²) in [7, 11) is -3.98. The van der Waals surface area contributed by atoms with E-state index in [1.54, 1.807) is 18.2 Å². The van der Waals surface area contributed by atoms with Gasteiger partial charge < -0.3 is 10.7 Å². The van der Waals surface area contributed by atoms with Crippen molar-refractivity contribution < 1.29 is 13.2 Å². The molecule has 1 N–H and O–H groups in total. The molecule has 0 heterocycles. The summed E-state index contributed by atoms with van der Waals surface area (Å²) in [6.45, 7) is -0.379. The SMILES string of the molecule is O=C(CCN(Cc1c(Cl)cccc1Cl)S(=O)(=O)c1ccc(Cl)cc1)N[O-]. The van der Waals surface area contributed by atoms with Crippen molar-refractivity contribution in [2.75, 3.05) is 6.54 Å². The minimum atomic E-state index is -3.98. The standard InChI is InChI=1S/C16H14Cl3N2O4S/c17-11-4-6-12(7-5-11)26(24,25)21(9-8-16(22)20-23)10-13-14(18)2-1-3-15(13)19/h1-7H,8-10H2,(H-,20,22,23)/q-1. The largest absolute Gasteiger partial charge is 0.759 e. The lowest BCUT2D eigenvalue weighted by Gasteiger charge is -2.23. The Kier molecular flexibility index (Phi) is 7.28. The van der Waals surface area contributed by atoms with E-state index in [0.29, 0.717) is 20.6 Å². The maximum atomic E-state index is 13.0. The van der Waals surface area contributed by atoms with Crippen LogP contribution in [0.1, 0.15) is 12.0 Å². The van der Waals surface area contributed by atoms with Gasteiger partial charge in [-0.15, -0.1) is 0 Å². The zero-order valence-electron chi connectivity index (χ0n) is 13.3. The van der Waals surface area contributed by atoms with E-state index in [0.717, 1.165) is 4.31 Å². The number of nitrogens with one attached hydrogen (secondary N) is 1. The van der Waals surface area contributed by atoms with Gasteiger partial charge in [0.2, 0.25) is 15.9 Å². The summed E-state index contributed by atoms with van der Waals surface area (Å²) in [5, 5.41) is 11.4. The Balaban J connectivity index is 2.39. The molecule has 0 aliphatic heterocycles. The van der Waals surface area contributed by atoms with Crippen LogP contribution in [0.2, 0.25) is 15.1 Å². The van der Waals surface area contributed by atoms with Crippen molar-refractivity contribution >= 4 is 50.7 Å². The zero-order chi connectivity index (χ0) is 19.3. The van der Waals surface area contributed by atoms with Gasteiger partial charge in [-0.25, -0.2) is 8.42 Å². The summed E-state index contributed by atoms with van der Waals surface area (Å²) in [4.78, 5) is 11.3. The summed E-state index contributed by atoms with van der Waals surface area (Å²) in [5.41, 5.74) is 1.62. The first kappa shape index (κ1) is 21.0. The second kappa shape index (κ2) is 9.03. The van der Waals surface area contributed by atoms with Crippen molar-refractivity contribution in [2.24, 2.45) is 0 Å². The minimum absolute atomic E-state index is 0.00684. The summed E-state index contributed by atoms with van der Waals surface area (Å²) in [6.07, 6.45) is -0.307. The molecular weight excluding hydrogens is 423 g/mol. The number of amides is 1. The monoisotopic (exact) mass is 435 g/mol. The normalized spacial score (nSPS) is 11.6. The number of rotatable bonds is 7. The fraction of sp³-hybridized carbons (Fsp3) is 0.188. The highest BCUT2D eigenvalue weighted by atomic mass is 35.5. The molecule has 10 heteroatoms. The van der Waals surface area contributed by atoms with Gasteiger partial charge >= 0.3 is 0 Å². The maximum absolute atomic E-state index is 13.0. The third-order valence-corrected chi connectivity index (χ3v) is 6.37. The van der Waals surface area contributed by atoms with E-state index in [2.05, 4.69) is 0 Å². The lowest BCUT2D eigenvalue weighted by atomic mass is 10.2. The number of halogens is 3. The van der Waals surface area contributed by atoms with Crippen LogP contribution in [0.15, 0.2) is 47.4 Å². The molecule has 0 aliphatic carbocycles. The maximum Gasteiger partial charge on any atom is 0.243 e. The molecule has 6 nitrogen and oxygen atoms in total. The summed E-state index contributed by atoms with van der Waals surface area (Å²) < 4.78 is 27.0. The molecule has 0 radical (unpaired) electrons. The van der Waals surface area contributed by atoms with Crippen molar-refractivity contribution in [2.45, 2.75) is 17.9 Å². The van der Waals surface area contributed by atoms with Gasteiger partial charge in [-0.3, -0.25) is 4.79 Å². The summed E-state index contributed by atoms with van der Waals surface area (Å²) in [6, 6.07) is 10.4. The van der Waals surface area contributed by atoms with Gasteiger partial charge in [-0.1, -0.05) is 40.9 Å². The molecule has 0 unspecified atom stereocenters. The lowest BCUT2D eigenvalue weighted by molar-refractivity contribution is -0.120. The van der Waals surface area contributed by atoms with Crippen molar-refractivity contribution in [3.8, 4) is 0 Å². The average molecular weight is 437 g/mol. The quantitative estimate of drug-likeness (QED) is 0.668. The number of nitrogens with zero attached hydrogens (tertiary/aromatic N) is 1. The van der Waals surface area contributed by atoms with Crippen LogP contribution < -0.4 is 5.48 Å². The highest BCUT2D eigenvalue weighted by molar-refractivity contribution is 7.89. The molecule has 0 aliphatic rings. The third kappa shape index (κ3) is 5.09. The number of sulfonamides is 1. The fourth-order valence-electron chi connectivity index (χ4n) is 2.18. The number of carbonyl (C=O) groups excluding carboxylic acids is 1. The van der Waals surface area contributed by atoms with Crippen LogP contribution in [0, 0.1) is 5.21 Å². The van der Waals surface area contributed by atoms with Crippen LogP contribution in [-0.4, -0.2) is 25.2 Å². The number of hydrogen-bond acceptors (Lipinski definition) is 4. The molecule has 2 rings (SSSR count). The number of carbonyl (C=O) groups is 1. The van der Waals surface area contributed by atoms with Crippen LogP contribution in [0.25, 0.3) is 0 Å². The predicted molar refractivity (Wildman–Crippen MR) is 102 cm³/mol.